The molecule has 3 N–H and O–H groups in total. The summed E-state index contributed by atoms with van der Waals surface area (Å²) < 4.78 is 36.0. The van der Waals surface area contributed by atoms with Crippen LogP contribution in [0.1, 0.15) is 25.8 Å². The van der Waals surface area contributed by atoms with Gasteiger partial charge in [-0.15, -0.1) is 0 Å². The van der Waals surface area contributed by atoms with Crippen molar-refractivity contribution in [2.24, 2.45) is 5.92 Å². The zero-order valence-corrected chi connectivity index (χ0v) is 21.6. The highest BCUT2D eigenvalue weighted by Crippen LogP contribution is 2.38. The van der Waals surface area contributed by atoms with E-state index in [2.05, 4.69) is 48.3 Å². The van der Waals surface area contributed by atoms with E-state index in [-0.39, 0.29) is 11.7 Å². The molecule has 0 saturated carbocycles. The van der Waals surface area contributed by atoms with Gasteiger partial charge in [0.2, 0.25) is 10.0 Å². The molecule has 9 nitrogen and oxygen atoms in total. The third-order valence-electron chi connectivity index (χ3n) is 4.98. The highest BCUT2D eigenvalue weighted by molar-refractivity contribution is 14.1. The van der Waals surface area contributed by atoms with Crippen molar-refractivity contribution in [3.63, 3.8) is 0 Å². The maximum Gasteiger partial charge on any atom is 0.211 e. The first-order valence-electron chi connectivity index (χ1n) is 10.3. The largest absolute Gasteiger partial charge is 0.493 e. The second-order valence-electron chi connectivity index (χ2n) is 7.98. The number of fused-ring (bicyclic) bond motifs is 2. The second-order valence-corrected chi connectivity index (χ2v) is 12.1. The Balaban J connectivity index is 1.59. The molecule has 0 radical (unpaired) electrons. The van der Waals surface area contributed by atoms with E-state index in [0.29, 0.717) is 48.3 Å². The lowest BCUT2D eigenvalue weighted by molar-refractivity contribution is 0.356. The predicted molar refractivity (Wildman–Crippen MR) is 133 cm³/mol. The smallest absolute Gasteiger partial charge is 0.211 e. The van der Waals surface area contributed by atoms with Crippen molar-refractivity contribution >= 4 is 61.4 Å². The lowest BCUT2D eigenvalue weighted by atomic mass is 10.2. The number of nitrogen functional groups attached to an aromatic ring is 1. The van der Waals surface area contributed by atoms with E-state index in [1.807, 2.05) is 24.5 Å². The quantitative estimate of drug-likeness (QED) is 0.366. The SMILES string of the molecule is CC(C)CNS(=O)(=O)CCCn1c(Sc2cc3c(cc2I)CCO3)nc2c(N)ncnc21. The number of hydrogen-bond acceptors (Lipinski definition) is 8. The Morgan fingerprint density at radius 3 is 2.94 bits per heavy atom. The Hall–Kier alpha value is -1.64. The van der Waals surface area contributed by atoms with E-state index >= 15 is 0 Å². The molecule has 0 spiro atoms. The normalized spacial score (nSPS) is 13.6. The number of anilines is 1. The van der Waals surface area contributed by atoms with Crippen LogP contribution < -0.4 is 15.2 Å². The molecule has 0 fully saturated rings. The summed E-state index contributed by atoms with van der Waals surface area (Å²) in [4.78, 5) is 14.1. The number of aromatic nitrogens is 4. The van der Waals surface area contributed by atoms with Gasteiger partial charge in [0.05, 0.1) is 12.4 Å². The molecule has 12 heteroatoms. The molecule has 0 bridgehead atoms. The molecule has 0 atom stereocenters. The maximum absolute atomic E-state index is 12.3. The summed E-state index contributed by atoms with van der Waals surface area (Å²) in [5.41, 5.74) is 8.36. The Morgan fingerprint density at radius 2 is 2.16 bits per heavy atom. The van der Waals surface area contributed by atoms with Crippen LogP contribution in [-0.2, 0) is 23.0 Å². The van der Waals surface area contributed by atoms with Crippen LogP contribution in [-0.4, -0.2) is 46.8 Å². The van der Waals surface area contributed by atoms with E-state index in [1.54, 1.807) is 0 Å². The van der Waals surface area contributed by atoms with Crippen molar-refractivity contribution in [2.75, 3.05) is 24.6 Å². The monoisotopic (exact) mass is 588 g/mol. The first-order chi connectivity index (χ1) is 15.2. The van der Waals surface area contributed by atoms with Crippen molar-refractivity contribution < 1.29 is 13.2 Å². The van der Waals surface area contributed by atoms with Crippen LogP contribution in [0.3, 0.4) is 0 Å². The van der Waals surface area contributed by atoms with Gasteiger partial charge < -0.3 is 15.0 Å². The third-order valence-corrected chi connectivity index (χ3v) is 8.72. The Morgan fingerprint density at radius 1 is 1.34 bits per heavy atom. The number of nitrogens with zero attached hydrogens (tertiary/aromatic N) is 4. The number of benzene rings is 1. The van der Waals surface area contributed by atoms with Crippen LogP contribution >= 0.6 is 34.4 Å². The van der Waals surface area contributed by atoms with Gasteiger partial charge in [-0.25, -0.2) is 28.1 Å². The fourth-order valence-electron chi connectivity index (χ4n) is 3.35. The molecule has 0 unspecified atom stereocenters. The molecule has 0 aliphatic carbocycles. The number of rotatable bonds is 9. The summed E-state index contributed by atoms with van der Waals surface area (Å²) in [6, 6.07) is 4.17. The van der Waals surface area contributed by atoms with Crippen molar-refractivity contribution in [1.29, 1.82) is 0 Å². The Bertz CT molecular complexity index is 1250. The van der Waals surface area contributed by atoms with Gasteiger partial charge in [-0.2, -0.15) is 0 Å². The van der Waals surface area contributed by atoms with Gasteiger partial charge in [-0.1, -0.05) is 25.6 Å². The molecule has 172 valence electrons. The van der Waals surface area contributed by atoms with E-state index in [4.69, 9.17) is 10.5 Å². The average molecular weight is 588 g/mol. The van der Waals surface area contributed by atoms with Crippen molar-refractivity contribution in [2.45, 2.75) is 43.3 Å². The van der Waals surface area contributed by atoms with Gasteiger partial charge >= 0.3 is 0 Å². The topological polar surface area (TPSA) is 125 Å². The van der Waals surface area contributed by atoms with Crippen LogP contribution in [0.15, 0.2) is 28.5 Å². The third kappa shape index (κ3) is 5.29. The summed E-state index contributed by atoms with van der Waals surface area (Å²) in [6.07, 6.45) is 2.74. The molecule has 1 aliphatic rings. The summed E-state index contributed by atoms with van der Waals surface area (Å²) in [5, 5.41) is 0.690. The van der Waals surface area contributed by atoms with Crippen LogP contribution in [0, 0.1) is 9.49 Å². The van der Waals surface area contributed by atoms with Gasteiger partial charge in [-0.3, -0.25) is 0 Å². The summed E-state index contributed by atoms with van der Waals surface area (Å²) >= 11 is 3.81. The van der Waals surface area contributed by atoms with E-state index in [0.717, 1.165) is 20.6 Å². The molecule has 0 saturated heterocycles. The summed E-state index contributed by atoms with van der Waals surface area (Å²) in [5.74, 6) is 1.48. The fraction of sp³-hybridized carbons (Fsp3) is 0.450. The Kier molecular flexibility index (Phi) is 7.12. The van der Waals surface area contributed by atoms with Crippen LogP contribution in [0.2, 0.25) is 0 Å². The van der Waals surface area contributed by atoms with Crippen molar-refractivity contribution in [3.05, 3.63) is 27.6 Å². The summed E-state index contributed by atoms with van der Waals surface area (Å²) in [6.45, 7) is 5.51. The van der Waals surface area contributed by atoms with E-state index in [1.165, 1.54) is 23.7 Å². The van der Waals surface area contributed by atoms with Crippen LogP contribution in [0.4, 0.5) is 5.82 Å². The standard InChI is InChI=1S/C20H25IN6O3S2/c1-12(2)10-25-32(28,29)7-3-5-27-19-17(18(22)23-11-24-19)26-20(27)31-16-9-15-13(4-6-30-15)8-14(16)21/h8-9,11-12,25H,3-7,10H2,1-2H3,(H2,22,23,24). The minimum Gasteiger partial charge on any atom is -0.493 e. The number of halogens is 1. The number of nitrogens with one attached hydrogen (secondary N) is 1. The van der Waals surface area contributed by atoms with Crippen molar-refractivity contribution in [1.82, 2.24) is 24.2 Å². The molecule has 4 rings (SSSR count). The van der Waals surface area contributed by atoms with Crippen LogP contribution in [0.25, 0.3) is 11.2 Å². The first-order valence-corrected chi connectivity index (χ1v) is 13.9. The predicted octanol–water partition coefficient (Wildman–Crippen LogP) is 3.06. The molecule has 1 aromatic carbocycles. The average Bonchev–Trinajstić information content (AvgIpc) is 3.32. The van der Waals surface area contributed by atoms with Crippen molar-refractivity contribution in [3.8, 4) is 5.75 Å². The molecular weight excluding hydrogens is 563 g/mol. The van der Waals surface area contributed by atoms with E-state index < -0.39 is 10.0 Å². The number of hydrogen-bond donors (Lipinski definition) is 2. The lowest BCUT2D eigenvalue weighted by Gasteiger charge is -2.11. The molecule has 3 aromatic rings. The van der Waals surface area contributed by atoms with Gasteiger partial charge in [0, 0.05) is 28.0 Å². The van der Waals surface area contributed by atoms with E-state index in [9.17, 15) is 8.42 Å². The maximum atomic E-state index is 12.3. The lowest BCUT2D eigenvalue weighted by Crippen LogP contribution is -2.30. The molecule has 1 aliphatic heterocycles. The molecule has 0 amide bonds. The van der Waals surface area contributed by atoms with Gasteiger partial charge in [0.1, 0.15) is 12.1 Å². The van der Waals surface area contributed by atoms with Gasteiger partial charge in [0.25, 0.3) is 0 Å². The van der Waals surface area contributed by atoms with Gasteiger partial charge in [-0.05, 0) is 52.6 Å². The number of nitrogens with two attached hydrogens (primary N) is 1. The molecule has 3 heterocycles. The highest BCUT2D eigenvalue weighted by atomic mass is 127. The highest BCUT2D eigenvalue weighted by Gasteiger charge is 2.20. The second kappa shape index (κ2) is 9.69. The number of sulfonamides is 1. The fourth-order valence-corrected chi connectivity index (χ4v) is 6.39. The number of ether oxygens (including phenoxy) is 1. The molecular formula is C20H25IN6O3S2. The first kappa shape index (κ1) is 23.5. The number of imidazole rings is 1. The molecule has 2 aromatic heterocycles. The van der Waals surface area contributed by atoms with Crippen LogP contribution in [0.5, 0.6) is 5.75 Å². The molecule has 32 heavy (non-hydrogen) atoms. The minimum atomic E-state index is -3.34. The zero-order valence-electron chi connectivity index (χ0n) is 17.8. The zero-order chi connectivity index (χ0) is 22.9. The van der Waals surface area contributed by atoms with Gasteiger partial charge in [0.15, 0.2) is 22.1 Å². The minimum absolute atomic E-state index is 0.0221. The summed E-state index contributed by atoms with van der Waals surface area (Å²) in [7, 11) is -3.34. The number of aryl methyl sites for hydroxylation is 1. The Labute approximate surface area is 205 Å².